The summed E-state index contributed by atoms with van der Waals surface area (Å²) in [4.78, 5) is 3.76. The van der Waals surface area contributed by atoms with Gasteiger partial charge in [0.25, 0.3) is 0 Å². The molecule has 3 aromatic carbocycles. The first-order chi connectivity index (χ1) is 13.0. The Morgan fingerprint density at radius 3 is 2.04 bits per heavy atom. The molecule has 0 bridgehead atoms. The van der Waals surface area contributed by atoms with Gasteiger partial charge in [-0.15, -0.1) is 0 Å². The maximum absolute atomic E-state index is 12.6. The minimum absolute atomic E-state index is 0.240. The molecule has 3 nitrogen and oxygen atoms in total. The molecule has 0 saturated heterocycles. The molecule has 0 aliphatic heterocycles. The third kappa shape index (κ3) is 3.46. The fourth-order valence-electron chi connectivity index (χ4n) is 2.98. The van der Waals surface area contributed by atoms with Crippen LogP contribution in [0.2, 0.25) is 0 Å². The lowest BCUT2D eigenvalue weighted by Gasteiger charge is -2.08. The average molecular weight is 365 g/mol. The van der Waals surface area contributed by atoms with Crippen LogP contribution in [0, 0.1) is 0 Å². The molecule has 1 N–H and O–H groups in total. The summed E-state index contributed by atoms with van der Waals surface area (Å²) in [5.41, 5.74) is 2.83. The van der Waals surface area contributed by atoms with E-state index in [2.05, 4.69) is 21.6 Å². The predicted octanol–water partition coefficient (Wildman–Crippen LogP) is 5.85. The van der Waals surface area contributed by atoms with Crippen LogP contribution < -0.4 is 5.43 Å². The van der Waals surface area contributed by atoms with Gasteiger partial charge >= 0.3 is 6.18 Å². The number of nitrogens with one attached hydrogen (secondary N) is 1. The average Bonchev–Trinajstić information content (AvgIpc) is 2.67. The number of hydrogen-bond acceptors (Lipinski definition) is 3. The van der Waals surface area contributed by atoms with Crippen LogP contribution in [-0.2, 0) is 6.18 Å². The lowest BCUT2D eigenvalue weighted by atomic mass is 9.97. The molecule has 0 spiro atoms. The highest BCUT2D eigenvalue weighted by Gasteiger charge is 2.30. The van der Waals surface area contributed by atoms with Crippen molar-refractivity contribution < 1.29 is 13.2 Å². The minimum Gasteiger partial charge on any atom is -0.261 e. The van der Waals surface area contributed by atoms with E-state index < -0.39 is 11.7 Å². The van der Waals surface area contributed by atoms with E-state index >= 15 is 0 Å². The Hall–Kier alpha value is -3.41. The highest BCUT2D eigenvalue weighted by atomic mass is 19.4. The van der Waals surface area contributed by atoms with Crippen molar-refractivity contribution >= 4 is 33.6 Å². The Morgan fingerprint density at radius 1 is 0.852 bits per heavy atom. The zero-order chi connectivity index (χ0) is 18.9. The van der Waals surface area contributed by atoms with Gasteiger partial charge in [-0.2, -0.15) is 18.3 Å². The van der Waals surface area contributed by atoms with Crippen LogP contribution in [0.4, 0.5) is 19.0 Å². The van der Waals surface area contributed by atoms with Crippen LogP contribution in [-0.4, -0.2) is 11.2 Å². The molecule has 0 amide bonds. The first-order valence-electron chi connectivity index (χ1n) is 8.25. The van der Waals surface area contributed by atoms with Crippen LogP contribution in [0.3, 0.4) is 0 Å². The largest absolute Gasteiger partial charge is 0.417 e. The molecule has 1 aromatic heterocycles. The summed E-state index contributed by atoms with van der Waals surface area (Å²) in [5.74, 6) is 0.240. The fraction of sp³-hybridized carbons (Fsp3) is 0.0476. The van der Waals surface area contributed by atoms with E-state index in [0.29, 0.717) is 0 Å². The molecule has 27 heavy (non-hydrogen) atoms. The van der Waals surface area contributed by atoms with Crippen molar-refractivity contribution in [1.29, 1.82) is 0 Å². The van der Waals surface area contributed by atoms with E-state index in [4.69, 9.17) is 0 Å². The number of alkyl halides is 3. The van der Waals surface area contributed by atoms with E-state index in [-0.39, 0.29) is 5.82 Å². The molecular formula is C21H14F3N3. The van der Waals surface area contributed by atoms with E-state index in [1.54, 1.807) is 6.21 Å². The fourth-order valence-corrected chi connectivity index (χ4v) is 2.98. The Bertz CT molecular complexity index is 1080. The Balaban J connectivity index is 1.68. The Labute approximate surface area is 153 Å². The van der Waals surface area contributed by atoms with Crippen LogP contribution >= 0.6 is 0 Å². The van der Waals surface area contributed by atoms with Crippen molar-refractivity contribution in [3.05, 3.63) is 84.1 Å². The third-order valence-corrected chi connectivity index (χ3v) is 4.28. The molecule has 0 aliphatic carbocycles. The summed E-state index contributed by atoms with van der Waals surface area (Å²) in [7, 11) is 0. The molecular weight excluding hydrogens is 351 g/mol. The van der Waals surface area contributed by atoms with Gasteiger partial charge in [-0.3, -0.25) is 5.43 Å². The zero-order valence-corrected chi connectivity index (χ0v) is 14.0. The molecule has 4 rings (SSSR count). The number of fused-ring (bicyclic) bond motifs is 2. The molecule has 134 valence electrons. The van der Waals surface area contributed by atoms with E-state index in [9.17, 15) is 13.2 Å². The van der Waals surface area contributed by atoms with Crippen molar-refractivity contribution in [2.75, 3.05) is 5.43 Å². The van der Waals surface area contributed by atoms with Crippen molar-refractivity contribution in [1.82, 2.24) is 4.98 Å². The molecule has 1 heterocycles. The normalized spacial score (nSPS) is 12.1. The number of rotatable bonds is 3. The molecule has 0 saturated carbocycles. The molecule has 6 heteroatoms. The maximum Gasteiger partial charge on any atom is 0.417 e. The first kappa shape index (κ1) is 17.0. The van der Waals surface area contributed by atoms with E-state index in [1.165, 1.54) is 6.07 Å². The van der Waals surface area contributed by atoms with Gasteiger partial charge in [0.2, 0.25) is 0 Å². The smallest absolute Gasteiger partial charge is 0.261 e. The quantitative estimate of drug-likeness (QED) is 0.281. The molecule has 0 fully saturated rings. The van der Waals surface area contributed by atoms with E-state index in [1.807, 2.05) is 48.5 Å². The summed E-state index contributed by atoms with van der Waals surface area (Å²) in [6.45, 7) is 0. The molecule has 0 atom stereocenters. The minimum atomic E-state index is -4.41. The van der Waals surface area contributed by atoms with Gasteiger partial charge in [0.15, 0.2) is 0 Å². The number of anilines is 1. The zero-order valence-electron chi connectivity index (χ0n) is 14.0. The topological polar surface area (TPSA) is 37.3 Å². The van der Waals surface area contributed by atoms with Gasteiger partial charge in [-0.05, 0) is 39.7 Å². The molecule has 0 radical (unpaired) electrons. The summed E-state index contributed by atoms with van der Waals surface area (Å²) in [6.07, 6.45) is -1.95. The second-order valence-electron chi connectivity index (χ2n) is 6.03. The highest BCUT2D eigenvalue weighted by Crippen LogP contribution is 2.29. The lowest BCUT2D eigenvalue weighted by molar-refractivity contribution is -0.137. The summed E-state index contributed by atoms with van der Waals surface area (Å²) in [6, 6.07) is 20.3. The number of pyridine rings is 1. The van der Waals surface area contributed by atoms with Crippen LogP contribution in [0.15, 0.2) is 78.0 Å². The van der Waals surface area contributed by atoms with Gasteiger partial charge in [-0.25, -0.2) is 4.98 Å². The van der Waals surface area contributed by atoms with Crippen molar-refractivity contribution in [3.63, 3.8) is 0 Å². The number of aromatic nitrogens is 1. The number of nitrogens with zero attached hydrogens (tertiary/aromatic N) is 2. The van der Waals surface area contributed by atoms with Crippen molar-refractivity contribution in [2.24, 2.45) is 5.10 Å². The van der Waals surface area contributed by atoms with Gasteiger partial charge < -0.3 is 0 Å². The van der Waals surface area contributed by atoms with E-state index in [0.717, 1.165) is 39.4 Å². The Morgan fingerprint density at radius 2 is 1.48 bits per heavy atom. The standard InChI is InChI=1S/C21H14F3N3/c22-21(23,24)16-9-10-20(25-12-16)27-26-13-19-17-7-3-1-5-14(17)11-15-6-2-4-8-18(15)19/h1-13H,(H,25,27)/b26-13+. The number of halogens is 3. The van der Waals surface area contributed by atoms with Crippen LogP contribution in [0.25, 0.3) is 21.5 Å². The molecule has 0 unspecified atom stereocenters. The number of hydrogen-bond donors (Lipinski definition) is 1. The summed E-state index contributed by atoms with van der Waals surface area (Å²) < 4.78 is 37.8. The SMILES string of the molecule is FC(F)(F)c1ccc(N/N=C/c2c3ccccc3cc3ccccc23)nc1. The second-order valence-corrected chi connectivity index (χ2v) is 6.03. The summed E-state index contributed by atoms with van der Waals surface area (Å²) >= 11 is 0. The van der Waals surface area contributed by atoms with Gasteiger partial charge in [0, 0.05) is 11.8 Å². The highest BCUT2D eigenvalue weighted by molar-refractivity contribution is 6.13. The van der Waals surface area contributed by atoms with Gasteiger partial charge in [-0.1, -0.05) is 48.5 Å². The lowest BCUT2D eigenvalue weighted by Crippen LogP contribution is -2.05. The monoisotopic (exact) mass is 365 g/mol. The molecule has 0 aliphatic rings. The van der Waals surface area contributed by atoms with Crippen LogP contribution in [0.5, 0.6) is 0 Å². The third-order valence-electron chi connectivity index (χ3n) is 4.28. The van der Waals surface area contributed by atoms with Crippen molar-refractivity contribution in [2.45, 2.75) is 6.18 Å². The first-order valence-corrected chi connectivity index (χ1v) is 8.25. The number of benzene rings is 3. The van der Waals surface area contributed by atoms with Gasteiger partial charge in [0.1, 0.15) is 5.82 Å². The second kappa shape index (κ2) is 6.72. The van der Waals surface area contributed by atoms with Crippen molar-refractivity contribution in [3.8, 4) is 0 Å². The Kier molecular flexibility index (Phi) is 4.24. The maximum atomic E-state index is 12.6. The predicted molar refractivity (Wildman–Crippen MR) is 102 cm³/mol. The van der Waals surface area contributed by atoms with Gasteiger partial charge in [0.05, 0.1) is 11.8 Å². The molecule has 4 aromatic rings. The van der Waals surface area contributed by atoms with Crippen LogP contribution in [0.1, 0.15) is 11.1 Å². The summed E-state index contributed by atoms with van der Waals surface area (Å²) in [5, 5.41) is 8.45. The number of hydrazone groups is 1.